The van der Waals surface area contributed by atoms with E-state index in [0.29, 0.717) is 16.2 Å². The Hall–Kier alpha value is 0.0500. The minimum absolute atomic E-state index is 0.0897. The van der Waals surface area contributed by atoms with Crippen LogP contribution in [0.2, 0.25) is 0 Å². The number of thiophene rings is 1. The fourth-order valence-corrected chi connectivity index (χ4v) is 5.37. The highest BCUT2D eigenvalue weighted by Crippen LogP contribution is 2.31. The van der Waals surface area contributed by atoms with Crippen molar-refractivity contribution in [2.24, 2.45) is 11.7 Å². The Kier molecular flexibility index (Phi) is 5.79. The van der Waals surface area contributed by atoms with Gasteiger partial charge in [0.05, 0.1) is 3.79 Å². The van der Waals surface area contributed by atoms with Crippen LogP contribution in [0.15, 0.2) is 14.7 Å². The molecule has 1 aromatic rings. The molecular weight excluding hydrogens is 336 g/mol. The van der Waals surface area contributed by atoms with Crippen LogP contribution in [0.1, 0.15) is 32.1 Å². The monoisotopic (exact) mass is 354 g/mol. The van der Waals surface area contributed by atoms with E-state index in [4.69, 9.17) is 5.73 Å². The van der Waals surface area contributed by atoms with Crippen molar-refractivity contribution < 1.29 is 8.42 Å². The number of halogens is 1. The zero-order chi connectivity index (χ0) is 13.9. The summed E-state index contributed by atoms with van der Waals surface area (Å²) in [5.74, 6) is 0.297. The maximum Gasteiger partial charge on any atom is 0.242 e. The van der Waals surface area contributed by atoms with Crippen LogP contribution in [0, 0.1) is 5.92 Å². The lowest BCUT2D eigenvalue weighted by molar-refractivity contribution is 0.434. The van der Waals surface area contributed by atoms with Crippen LogP contribution in [0.4, 0.5) is 0 Å². The van der Waals surface area contributed by atoms with Crippen molar-refractivity contribution in [1.29, 1.82) is 0 Å². The quantitative estimate of drug-likeness (QED) is 0.824. The molecule has 1 heterocycles. The van der Waals surface area contributed by atoms with Gasteiger partial charge in [0, 0.05) is 17.5 Å². The van der Waals surface area contributed by atoms with Crippen molar-refractivity contribution in [1.82, 2.24) is 4.72 Å². The first-order chi connectivity index (χ1) is 8.31. The second-order valence-corrected chi connectivity index (χ2v) is 8.49. The molecule has 0 aromatic carbocycles. The molecule has 0 spiro atoms. The van der Waals surface area contributed by atoms with Crippen LogP contribution in [0.5, 0.6) is 0 Å². The standard InChI is InChI=1S/C11H19BrN2O2S2/c1-4-7(2)8(3)14-18(15,16)10-5-9(6-13)17-11(10)12/h5,7-8,14H,4,6,13H2,1-3H3. The van der Waals surface area contributed by atoms with E-state index in [1.807, 2.05) is 20.8 Å². The van der Waals surface area contributed by atoms with E-state index in [-0.39, 0.29) is 10.9 Å². The summed E-state index contributed by atoms with van der Waals surface area (Å²) in [6, 6.07) is 1.54. The van der Waals surface area contributed by atoms with Crippen LogP contribution in [-0.2, 0) is 16.6 Å². The van der Waals surface area contributed by atoms with Crippen molar-refractivity contribution in [3.8, 4) is 0 Å². The Morgan fingerprint density at radius 1 is 1.50 bits per heavy atom. The van der Waals surface area contributed by atoms with Crippen LogP contribution in [-0.4, -0.2) is 14.5 Å². The molecule has 0 aliphatic carbocycles. The lowest BCUT2D eigenvalue weighted by Crippen LogP contribution is -2.36. The molecule has 2 unspecified atom stereocenters. The van der Waals surface area contributed by atoms with Gasteiger partial charge < -0.3 is 5.73 Å². The topological polar surface area (TPSA) is 72.2 Å². The van der Waals surface area contributed by atoms with Crippen molar-refractivity contribution in [3.63, 3.8) is 0 Å². The molecule has 1 aromatic heterocycles. The number of rotatable bonds is 6. The van der Waals surface area contributed by atoms with Crippen molar-refractivity contribution in [3.05, 3.63) is 14.7 Å². The lowest BCUT2D eigenvalue weighted by atomic mass is 10.0. The highest BCUT2D eigenvalue weighted by atomic mass is 79.9. The third-order valence-electron chi connectivity index (χ3n) is 3.04. The molecule has 2 atom stereocenters. The van der Waals surface area contributed by atoms with Gasteiger partial charge in [-0.3, -0.25) is 0 Å². The molecular formula is C11H19BrN2O2S2. The van der Waals surface area contributed by atoms with Gasteiger partial charge in [0.1, 0.15) is 4.90 Å². The Morgan fingerprint density at radius 2 is 2.11 bits per heavy atom. The molecule has 1 rings (SSSR count). The smallest absolute Gasteiger partial charge is 0.242 e. The zero-order valence-corrected chi connectivity index (χ0v) is 14.0. The molecule has 104 valence electrons. The summed E-state index contributed by atoms with van der Waals surface area (Å²) in [5.41, 5.74) is 5.52. The lowest BCUT2D eigenvalue weighted by Gasteiger charge is -2.19. The summed E-state index contributed by atoms with van der Waals surface area (Å²) < 4.78 is 27.8. The Morgan fingerprint density at radius 3 is 2.56 bits per heavy atom. The summed E-state index contributed by atoms with van der Waals surface area (Å²) in [7, 11) is -3.48. The zero-order valence-electron chi connectivity index (χ0n) is 10.7. The average Bonchev–Trinajstić information content (AvgIpc) is 2.69. The summed E-state index contributed by atoms with van der Waals surface area (Å²) in [6.07, 6.45) is 0.933. The average molecular weight is 355 g/mol. The number of nitrogens with one attached hydrogen (secondary N) is 1. The Bertz CT molecular complexity index is 499. The molecule has 7 heteroatoms. The molecule has 0 aliphatic rings. The van der Waals surface area contributed by atoms with Gasteiger partial charge >= 0.3 is 0 Å². The molecule has 0 radical (unpaired) electrons. The van der Waals surface area contributed by atoms with E-state index < -0.39 is 10.0 Å². The maximum absolute atomic E-state index is 12.2. The Labute approximate surface area is 121 Å². The van der Waals surface area contributed by atoms with E-state index in [0.717, 1.165) is 11.3 Å². The van der Waals surface area contributed by atoms with Crippen LogP contribution in [0.3, 0.4) is 0 Å². The number of sulfonamides is 1. The van der Waals surface area contributed by atoms with Gasteiger partial charge in [-0.15, -0.1) is 11.3 Å². The molecule has 0 amide bonds. The van der Waals surface area contributed by atoms with Gasteiger partial charge in [-0.05, 0) is 34.8 Å². The van der Waals surface area contributed by atoms with Crippen molar-refractivity contribution in [2.75, 3.05) is 0 Å². The van der Waals surface area contributed by atoms with Gasteiger partial charge in [0.15, 0.2) is 0 Å². The predicted molar refractivity (Wildman–Crippen MR) is 79.1 cm³/mol. The highest BCUT2D eigenvalue weighted by molar-refractivity contribution is 9.11. The van der Waals surface area contributed by atoms with E-state index in [9.17, 15) is 8.42 Å². The molecule has 0 fully saturated rings. The minimum atomic E-state index is -3.48. The van der Waals surface area contributed by atoms with E-state index in [1.165, 1.54) is 11.3 Å². The van der Waals surface area contributed by atoms with Crippen molar-refractivity contribution in [2.45, 2.75) is 44.7 Å². The normalized spacial score (nSPS) is 15.6. The molecule has 18 heavy (non-hydrogen) atoms. The Balaban J connectivity index is 2.96. The molecule has 4 nitrogen and oxygen atoms in total. The van der Waals surface area contributed by atoms with Gasteiger partial charge in [-0.25, -0.2) is 13.1 Å². The van der Waals surface area contributed by atoms with E-state index in [2.05, 4.69) is 20.7 Å². The summed E-state index contributed by atoms with van der Waals surface area (Å²) in [6.45, 7) is 6.30. The SMILES string of the molecule is CCC(C)C(C)NS(=O)(=O)c1cc(CN)sc1Br. The second-order valence-electron chi connectivity index (χ2n) is 4.35. The highest BCUT2D eigenvalue weighted by Gasteiger charge is 2.24. The molecule has 0 saturated carbocycles. The van der Waals surface area contributed by atoms with Gasteiger partial charge in [0.25, 0.3) is 0 Å². The van der Waals surface area contributed by atoms with Crippen molar-refractivity contribution >= 4 is 37.3 Å². The third kappa shape index (κ3) is 3.77. The second kappa shape index (κ2) is 6.47. The largest absolute Gasteiger partial charge is 0.326 e. The molecule has 3 N–H and O–H groups in total. The van der Waals surface area contributed by atoms with Gasteiger partial charge in [-0.2, -0.15) is 0 Å². The number of nitrogens with two attached hydrogens (primary N) is 1. The third-order valence-corrected chi connectivity index (χ3v) is 6.87. The predicted octanol–water partition coefficient (Wildman–Crippen LogP) is 2.68. The first kappa shape index (κ1) is 16.1. The minimum Gasteiger partial charge on any atom is -0.326 e. The van der Waals surface area contributed by atoms with Crippen LogP contribution < -0.4 is 10.5 Å². The van der Waals surface area contributed by atoms with E-state index in [1.54, 1.807) is 6.07 Å². The summed E-state index contributed by atoms with van der Waals surface area (Å²) in [4.78, 5) is 1.13. The summed E-state index contributed by atoms with van der Waals surface area (Å²) >= 11 is 4.64. The maximum atomic E-state index is 12.2. The number of hydrogen-bond donors (Lipinski definition) is 2. The molecule has 0 aliphatic heterocycles. The molecule has 0 saturated heterocycles. The van der Waals surface area contributed by atoms with Crippen LogP contribution in [0.25, 0.3) is 0 Å². The van der Waals surface area contributed by atoms with E-state index >= 15 is 0 Å². The fourth-order valence-electron chi connectivity index (χ4n) is 1.46. The van der Waals surface area contributed by atoms with Gasteiger partial charge in [0.2, 0.25) is 10.0 Å². The molecule has 0 bridgehead atoms. The first-order valence-corrected chi connectivity index (χ1v) is 8.91. The first-order valence-electron chi connectivity index (χ1n) is 5.82. The fraction of sp³-hybridized carbons (Fsp3) is 0.636. The number of hydrogen-bond acceptors (Lipinski definition) is 4. The van der Waals surface area contributed by atoms with Gasteiger partial charge in [-0.1, -0.05) is 20.3 Å². The summed E-state index contributed by atoms with van der Waals surface area (Å²) in [5, 5.41) is 0. The van der Waals surface area contributed by atoms with Crippen LogP contribution >= 0.6 is 27.3 Å².